The molecule has 0 unspecified atom stereocenters. The lowest BCUT2D eigenvalue weighted by Gasteiger charge is -2.16. The third-order valence-electron chi connectivity index (χ3n) is 3.03. The van der Waals surface area contributed by atoms with E-state index in [0.29, 0.717) is 26.8 Å². The summed E-state index contributed by atoms with van der Waals surface area (Å²) < 4.78 is 0. The van der Waals surface area contributed by atoms with Crippen LogP contribution in [0, 0.1) is 0 Å². The van der Waals surface area contributed by atoms with Gasteiger partial charge in [-0.3, -0.25) is 0 Å². The maximum atomic E-state index is 6.14. The number of anilines is 2. The molecule has 0 fully saturated rings. The molecule has 0 aliphatic carbocycles. The molecule has 0 radical (unpaired) electrons. The Morgan fingerprint density at radius 1 is 0.952 bits per heavy atom. The maximum absolute atomic E-state index is 6.14. The minimum atomic E-state index is 0.409. The number of thiocarbonyl (C=S) groups is 1. The van der Waals surface area contributed by atoms with Crippen molar-refractivity contribution >= 4 is 51.9 Å². The quantitative estimate of drug-likeness (QED) is 0.678. The summed E-state index contributed by atoms with van der Waals surface area (Å²) in [5, 5.41) is 7.71. The molecular formula is C16H16Cl2N2S. The third-order valence-corrected chi connectivity index (χ3v) is 4.05. The number of benzene rings is 2. The van der Waals surface area contributed by atoms with Crippen molar-refractivity contribution in [2.24, 2.45) is 0 Å². The van der Waals surface area contributed by atoms with Crippen molar-refractivity contribution in [3.63, 3.8) is 0 Å². The zero-order valence-electron chi connectivity index (χ0n) is 11.8. The van der Waals surface area contributed by atoms with Gasteiger partial charge >= 0.3 is 0 Å². The van der Waals surface area contributed by atoms with Crippen LogP contribution in [0.2, 0.25) is 10.0 Å². The van der Waals surface area contributed by atoms with Gasteiger partial charge in [0.15, 0.2) is 5.11 Å². The average Bonchev–Trinajstić information content (AvgIpc) is 2.44. The smallest absolute Gasteiger partial charge is 0.175 e. The van der Waals surface area contributed by atoms with Crippen LogP contribution in [0.15, 0.2) is 42.5 Å². The minimum absolute atomic E-state index is 0.409. The number of rotatable bonds is 3. The fraction of sp³-hybridized carbons (Fsp3) is 0.188. The molecule has 0 spiro atoms. The predicted molar refractivity (Wildman–Crippen MR) is 96.8 cm³/mol. The summed E-state index contributed by atoms with van der Waals surface area (Å²) in [6.07, 6.45) is 0. The molecule has 0 aliphatic heterocycles. The molecule has 0 atom stereocenters. The van der Waals surface area contributed by atoms with Crippen LogP contribution in [0.4, 0.5) is 11.4 Å². The first-order valence-electron chi connectivity index (χ1n) is 6.60. The van der Waals surface area contributed by atoms with Crippen LogP contribution in [0.5, 0.6) is 0 Å². The van der Waals surface area contributed by atoms with Crippen molar-refractivity contribution < 1.29 is 0 Å². The van der Waals surface area contributed by atoms with Crippen LogP contribution in [-0.2, 0) is 0 Å². The van der Waals surface area contributed by atoms with Gasteiger partial charge in [0.1, 0.15) is 0 Å². The van der Waals surface area contributed by atoms with Crippen LogP contribution in [0.3, 0.4) is 0 Å². The lowest BCUT2D eigenvalue weighted by Crippen LogP contribution is -2.20. The molecule has 2 aromatic carbocycles. The summed E-state index contributed by atoms with van der Waals surface area (Å²) in [6.45, 7) is 4.29. The molecule has 0 bridgehead atoms. The molecule has 2 aromatic rings. The molecule has 5 heteroatoms. The molecule has 110 valence electrons. The van der Waals surface area contributed by atoms with Crippen LogP contribution in [-0.4, -0.2) is 5.11 Å². The number of nitrogens with one attached hydrogen (secondary N) is 2. The molecule has 0 aliphatic rings. The first kappa shape index (κ1) is 16.1. The molecule has 0 saturated heterocycles. The van der Waals surface area contributed by atoms with Gasteiger partial charge in [-0.15, -0.1) is 0 Å². The molecule has 2 nitrogen and oxygen atoms in total. The highest BCUT2D eigenvalue weighted by Crippen LogP contribution is 2.30. The summed E-state index contributed by atoms with van der Waals surface area (Å²) in [5.41, 5.74) is 2.88. The van der Waals surface area contributed by atoms with Gasteiger partial charge in [0.25, 0.3) is 0 Å². The molecule has 2 rings (SSSR count). The van der Waals surface area contributed by atoms with E-state index in [1.807, 2.05) is 30.3 Å². The highest BCUT2D eigenvalue weighted by atomic mass is 35.5. The average molecular weight is 339 g/mol. The summed E-state index contributed by atoms with van der Waals surface area (Å²) in [4.78, 5) is 0. The van der Waals surface area contributed by atoms with Crippen LogP contribution in [0.25, 0.3) is 0 Å². The lowest BCUT2D eigenvalue weighted by atomic mass is 10.0. The lowest BCUT2D eigenvalue weighted by molar-refractivity contribution is 0.869. The van der Waals surface area contributed by atoms with Gasteiger partial charge in [0, 0.05) is 5.69 Å². The Morgan fingerprint density at radius 3 is 2.29 bits per heavy atom. The van der Waals surface area contributed by atoms with E-state index in [4.69, 9.17) is 35.4 Å². The second-order valence-corrected chi connectivity index (χ2v) is 6.12. The number of hydrogen-bond donors (Lipinski definition) is 2. The Balaban J connectivity index is 2.14. The Kier molecular flexibility index (Phi) is 5.45. The van der Waals surface area contributed by atoms with Crippen molar-refractivity contribution in [1.29, 1.82) is 0 Å². The molecule has 0 saturated carbocycles. The van der Waals surface area contributed by atoms with Crippen LogP contribution < -0.4 is 10.6 Å². The molecule has 21 heavy (non-hydrogen) atoms. The van der Waals surface area contributed by atoms with E-state index >= 15 is 0 Å². The molecule has 0 amide bonds. The van der Waals surface area contributed by atoms with E-state index in [1.165, 1.54) is 5.56 Å². The van der Waals surface area contributed by atoms with Crippen molar-refractivity contribution in [3.05, 3.63) is 58.1 Å². The third kappa shape index (κ3) is 4.10. The number of para-hydroxylation sites is 1. The Hall–Kier alpha value is -1.29. The second-order valence-electron chi connectivity index (χ2n) is 4.92. The molecule has 0 aromatic heterocycles. The van der Waals surface area contributed by atoms with Gasteiger partial charge in [0.2, 0.25) is 0 Å². The summed E-state index contributed by atoms with van der Waals surface area (Å²) in [7, 11) is 0. The fourth-order valence-corrected chi connectivity index (χ4v) is 2.56. The topological polar surface area (TPSA) is 24.1 Å². The zero-order chi connectivity index (χ0) is 15.4. The van der Waals surface area contributed by atoms with Crippen molar-refractivity contribution in [2.75, 3.05) is 10.6 Å². The van der Waals surface area contributed by atoms with Gasteiger partial charge in [-0.05, 0) is 41.9 Å². The fourth-order valence-electron chi connectivity index (χ4n) is 1.99. The number of halogens is 2. The maximum Gasteiger partial charge on any atom is 0.175 e. The van der Waals surface area contributed by atoms with Crippen molar-refractivity contribution in [3.8, 4) is 0 Å². The highest BCUT2D eigenvalue weighted by molar-refractivity contribution is 7.80. The monoisotopic (exact) mass is 338 g/mol. The van der Waals surface area contributed by atoms with Gasteiger partial charge in [0.05, 0.1) is 15.7 Å². The number of hydrogen-bond acceptors (Lipinski definition) is 1. The van der Waals surface area contributed by atoms with E-state index in [-0.39, 0.29) is 0 Å². The van der Waals surface area contributed by atoms with Crippen molar-refractivity contribution in [1.82, 2.24) is 0 Å². The largest absolute Gasteiger partial charge is 0.332 e. The standard InChI is InChI=1S/C16H16Cl2N2S/c1-10(2)11-6-3-4-8-13(11)19-16(21)20-14-9-5-7-12(17)15(14)18/h3-10H,1-2H3,(H2,19,20,21). The SMILES string of the molecule is CC(C)c1ccccc1NC(=S)Nc1cccc(Cl)c1Cl. The van der Waals surface area contributed by atoms with E-state index < -0.39 is 0 Å². The van der Waals surface area contributed by atoms with Crippen molar-refractivity contribution in [2.45, 2.75) is 19.8 Å². The normalized spacial score (nSPS) is 10.5. The van der Waals surface area contributed by atoms with Crippen LogP contribution >= 0.6 is 35.4 Å². The van der Waals surface area contributed by atoms with E-state index in [9.17, 15) is 0 Å². The zero-order valence-corrected chi connectivity index (χ0v) is 14.1. The minimum Gasteiger partial charge on any atom is -0.332 e. The summed E-state index contributed by atoms with van der Waals surface area (Å²) >= 11 is 17.5. The second kappa shape index (κ2) is 7.12. The summed E-state index contributed by atoms with van der Waals surface area (Å²) in [6, 6.07) is 13.5. The highest BCUT2D eigenvalue weighted by Gasteiger charge is 2.09. The predicted octanol–water partition coefficient (Wildman–Crippen LogP) is 5.93. The Bertz CT molecular complexity index is 656. The Morgan fingerprint density at radius 2 is 1.57 bits per heavy atom. The van der Waals surface area contributed by atoms with Gasteiger partial charge in [-0.2, -0.15) is 0 Å². The van der Waals surface area contributed by atoms with Gasteiger partial charge in [-0.1, -0.05) is 61.3 Å². The first-order chi connectivity index (χ1) is 9.99. The van der Waals surface area contributed by atoms with Gasteiger partial charge < -0.3 is 10.6 Å². The van der Waals surface area contributed by atoms with Gasteiger partial charge in [-0.25, -0.2) is 0 Å². The molecule has 2 N–H and O–H groups in total. The molecular weight excluding hydrogens is 323 g/mol. The van der Waals surface area contributed by atoms with E-state index in [0.717, 1.165) is 5.69 Å². The first-order valence-corrected chi connectivity index (χ1v) is 7.76. The van der Waals surface area contributed by atoms with E-state index in [2.05, 4.69) is 30.5 Å². The van der Waals surface area contributed by atoms with Crippen LogP contribution in [0.1, 0.15) is 25.3 Å². The Labute approximate surface area is 140 Å². The van der Waals surface area contributed by atoms with E-state index in [1.54, 1.807) is 6.07 Å². The molecule has 0 heterocycles. The summed E-state index contributed by atoms with van der Waals surface area (Å²) in [5.74, 6) is 0.409.